The molecule has 1 heterocycles. The summed E-state index contributed by atoms with van der Waals surface area (Å²) in [5.41, 5.74) is 0. The van der Waals surface area contributed by atoms with Gasteiger partial charge in [-0.25, -0.2) is 0 Å². The van der Waals surface area contributed by atoms with E-state index in [-0.39, 0.29) is 6.29 Å². The molecule has 2 atom stereocenters. The van der Waals surface area contributed by atoms with Gasteiger partial charge in [0.15, 0.2) is 6.29 Å². The molecule has 0 aromatic heterocycles. The van der Waals surface area contributed by atoms with Crippen LogP contribution in [0.1, 0.15) is 13.3 Å². The fourth-order valence-electron chi connectivity index (χ4n) is 0.914. The second-order valence-corrected chi connectivity index (χ2v) is 3.13. The molecule has 0 spiro atoms. The van der Waals surface area contributed by atoms with E-state index in [1.54, 1.807) is 0 Å². The Kier molecular flexibility index (Phi) is 3.30. The Morgan fingerprint density at radius 3 is 2.64 bits per heavy atom. The topological polar surface area (TPSA) is 25.0 Å². The quantitative estimate of drug-likeness (QED) is 0.552. The molecule has 0 amide bonds. The van der Waals surface area contributed by atoms with Crippen molar-refractivity contribution < 1.29 is 9.47 Å². The average molecular weight is 159 g/mol. The number of nitrogens with zero attached hydrogens (tertiary/aromatic N) is 1. The molecule has 1 saturated heterocycles. The van der Waals surface area contributed by atoms with Gasteiger partial charge < -0.3 is 14.4 Å². The molecule has 66 valence electrons. The Hall–Kier alpha value is -0.120. The lowest BCUT2D eigenvalue weighted by molar-refractivity contribution is 0.0420. The van der Waals surface area contributed by atoms with Gasteiger partial charge in [0.25, 0.3) is 0 Å². The van der Waals surface area contributed by atoms with E-state index in [0.29, 0.717) is 6.10 Å². The number of ether oxygens (including phenoxy) is 2. The molecule has 0 radical (unpaired) electrons. The van der Waals surface area contributed by atoms with Crippen molar-refractivity contribution in [1.29, 1.82) is 0 Å². The summed E-state index contributed by atoms with van der Waals surface area (Å²) in [7, 11) is 4.07. The molecule has 0 aromatic carbocycles. The molecule has 0 bridgehead atoms. The summed E-state index contributed by atoms with van der Waals surface area (Å²) in [6, 6.07) is 0. The summed E-state index contributed by atoms with van der Waals surface area (Å²) in [5, 5.41) is 0. The van der Waals surface area contributed by atoms with Gasteiger partial charge in [-0.05, 0) is 20.5 Å². The minimum Gasteiger partial charge on any atom is -0.349 e. The Labute approximate surface area is 68.3 Å². The van der Waals surface area contributed by atoms with Crippen molar-refractivity contribution >= 4 is 0 Å². The Bertz CT molecular complexity index is 117. The molecule has 3 nitrogen and oxygen atoms in total. The molecule has 0 aromatic rings. The third-order valence-electron chi connectivity index (χ3n) is 1.76. The smallest absolute Gasteiger partial charge is 0.184 e. The molecular weight excluding hydrogens is 142 g/mol. The molecule has 0 N–H and O–H groups in total. The number of hydrogen-bond donors (Lipinski definition) is 0. The molecule has 11 heavy (non-hydrogen) atoms. The van der Waals surface area contributed by atoms with Crippen LogP contribution in [-0.2, 0) is 9.47 Å². The lowest BCUT2D eigenvalue weighted by Crippen LogP contribution is -2.19. The summed E-state index contributed by atoms with van der Waals surface area (Å²) < 4.78 is 10.6. The summed E-state index contributed by atoms with van der Waals surface area (Å²) in [6.45, 7) is 3.85. The first kappa shape index (κ1) is 8.97. The van der Waals surface area contributed by atoms with Gasteiger partial charge in [-0.15, -0.1) is 0 Å². The van der Waals surface area contributed by atoms with Crippen LogP contribution in [0.3, 0.4) is 0 Å². The van der Waals surface area contributed by atoms with Crippen LogP contribution in [0.2, 0.25) is 0 Å². The zero-order chi connectivity index (χ0) is 8.27. The fraction of sp³-hybridized carbons (Fsp3) is 1.00. The zero-order valence-corrected chi connectivity index (χ0v) is 7.54. The molecule has 1 aliphatic rings. The SMILES string of the molecule is CCC1OC1OCCN(C)C. The number of epoxide rings is 1. The third kappa shape index (κ3) is 3.18. The predicted molar refractivity (Wildman–Crippen MR) is 43.5 cm³/mol. The normalized spacial score (nSPS) is 29.5. The van der Waals surface area contributed by atoms with E-state index in [1.165, 1.54) is 0 Å². The molecule has 1 rings (SSSR count). The Balaban J connectivity index is 1.90. The summed E-state index contributed by atoms with van der Waals surface area (Å²) in [4.78, 5) is 2.10. The van der Waals surface area contributed by atoms with Gasteiger partial charge in [0.1, 0.15) is 6.10 Å². The van der Waals surface area contributed by atoms with Crippen molar-refractivity contribution in [2.45, 2.75) is 25.7 Å². The van der Waals surface area contributed by atoms with E-state index in [9.17, 15) is 0 Å². The zero-order valence-electron chi connectivity index (χ0n) is 7.54. The van der Waals surface area contributed by atoms with Crippen LogP contribution in [0, 0.1) is 0 Å². The number of rotatable bonds is 5. The fourth-order valence-corrected chi connectivity index (χ4v) is 0.914. The van der Waals surface area contributed by atoms with Gasteiger partial charge >= 0.3 is 0 Å². The molecule has 1 fully saturated rings. The van der Waals surface area contributed by atoms with E-state index in [4.69, 9.17) is 9.47 Å². The summed E-state index contributed by atoms with van der Waals surface area (Å²) in [5.74, 6) is 0. The van der Waals surface area contributed by atoms with Gasteiger partial charge in [0.05, 0.1) is 6.61 Å². The molecule has 0 aliphatic carbocycles. The molecule has 2 unspecified atom stereocenters. The second kappa shape index (κ2) is 4.04. The molecule has 0 saturated carbocycles. The largest absolute Gasteiger partial charge is 0.349 e. The van der Waals surface area contributed by atoms with Gasteiger partial charge in [-0.3, -0.25) is 0 Å². The lowest BCUT2D eigenvalue weighted by Gasteiger charge is -2.07. The lowest BCUT2D eigenvalue weighted by atomic mass is 10.4. The predicted octanol–water partition coefficient (Wildman–Crippen LogP) is 0.700. The van der Waals surface area contributed by atoms with Crippen LogP contribution in [0.4, 0.5) is 0 Å². The Morgan fingerprint density at radius 1 is 1.45 bits per heavy atom. The second-order valence-electron chi connectivity index (χ2n) is 3.13. The first-order valence-corrected chi connectivity index (χ1v) is 4.16. The van der Waals surface area contributed by atoms with E-state index < -0.39 is 0 Å². The van der Waals surface area contributed by atoms with Crippen molar-refractivity contribution in [3.63, 3.8) is 0 Å². The minimum absolute atomic E-state index is 0.0972. The van der Waals surface area contributed by atoms with Crippen LogP contribution in [0.5, 0.6) is 0 Å². The van der Waals surface area contributed by atoms with Gasteiger partial charge in [-0.2, -0.15) is 0 Å². The van der Waals surface area contributed by atoms with E-state index in [1.807, 2.05) is 14.1 Å². The summed E-state index contributed by atoms with van der Waals surface area (Å²) >= 11 is 0. The first-order valence-electron chi connectivity index (χ1n) is 4.16. The highest BCUT2D eigenvalue weighted by Crippen LogP contribution is 2.25. The minimum atomic E-state index is 0.0972. The first-order chi connectivity index (χ1) is 5.24. The van der Waals surface area contributed by atoms with Crippen molar-refractivity contribution in [3.8, 4) is 0 Å². The van der Waals surface area contributed by atoms with Crippen LogP contribution < -0.4 is 0 Å². The van der Waals surface area contributed by atoms with Crippen molar-refractivity contribution in [1.82, 2.24) is 4.90 Å². The maximum absolute atomic E-state index is 5.40. The highest BCUT2D eigenvalue weighted by Gasteiger charge is 2.37. The van der Waals surface area contributed by atoms with Crippen LogP contribution >= 0.6 is 0 Å². The van der Waals surface area contributed by atoms with Crippen LogP contribution in [-0.4, -0.2) is 44.5 Å². The van der Waals surface area contributed by atoms with Gasteiger partial charge in [0.2, 0.25) is 0 Å². The highest BCUT2D eigenvalue weighted by atomic mass is 16.8. The van der Waals surface area contributed by atoms with E-state index in [0.717, 1.165) is 19.6 Å². The van der Waals surface area contributed by atoms with Crippen molar-refractivity contribution in [3.05, 3.63) is 0 Å². The standard InChI is InChI=1S/C8H17NO2/c1-4-7-8(11-7)10-6-5-9(2)3/h7-8H,4-6H2,1-3H3. The maximum Gasteiger partial charge on any atom is 0.184 e. The number of likely N-dealkylation sites (N-methyl/N-ethyl adjacent to an activating group) is 1. The number of hydrogen-bond acceptors (Lipinski definition) is 3. The van der Waals surface area contributed by atoms with E-state index >= 15 is 0 Å². The van der Waals surface area contributed by atoms with Crippen molar-refractivity contribution in [2.75, 3.05) is 27.2 Å². The monoisotopic (exact) mass is 159 g/mol. The summed E-state index contributed by atoms with van der Waals surface area (Å²) in [6.07, 6.45) is 1.53. The van der Waals surface area contributed by atoms with Crippen molar-refractivity contribution in [2.24, 2.45) is 0 Å². The Morgan fingerprint density at radius 2 is 2.18 bits per heavy atom. The molecule has 1 aliphatic heterocycles. The third-order valence-corrected chi connectivity index (χ3v) is 1.76. The van der Waals surface area contributed by atoms with Crippen LogP contribution in [0.15, 0.2) is 0 Å². The van der Waals surface area contributed by atoms with E-state index in [2.05, 4.69) is 11.8 Å². The maximum atomic E-state index is 5.40. The van der Waals surface area contributed by atoms with Gasteiger partial charge in [-0.1, -0.05) is 6.92 Å². The molecule has 3 heteroatoms. The molecular formula is C8H17NO2. The van der Waals surface area contributed by atoms with Gasteiger partial charge in [0, 0.05) is 6.54 Å². The average Bonchev–Trinajstić information content (AvgIpc) is 2.66. The van der Waals surface area contributed by atoms with Crippen LogP contribution in [0.25, 0.3) is 0 Å². The highest BCUT2D eigenvalue weighted by molar-refractivity contribution is 4.74.